The summed E-state index contributed by atoms with van der Waals surface area (Å²) in [7, 11) is 0. The van der Waals surface area contributed by atoms with Crippen molar-refractivity contribution in [1.82, 2.24) is 0 Å². The third-order valence-corrected chi connectivity index (χ3v) is 4.17. The van der Waals surface area contributed by atoms with Crippen molar-refractivity contribution in [3.63, 3.8) is 0 Å². The van der Waals surface area contributed by atoms with Crippen LogP contribution < -0.4 is 0 Å². The molecule has 2 unspecified atom stereocenters. The minimum atomic E-state index is -0.187. The molecule has 0 saturated carbocycles. The molecule has 0 heterocycles. The van der Waals surface area contributed by atoms with E-state index in [0.29, 0.717) is 36.2 Å². The van der Waals surface area contributed by atoms with Crippen molar-refractivity contribution in [3.05, 3.63) is 29.6 Å². The molecule has 1 rings (SSSR count). The van der Waals surface area contributed by atoms with Gasteiger partial charge >= 0.3 is 5.97 Å². The normalized spacial score (nSPS) is 13.8. The number of esters is 1. The van der Waals surface area contributed by atoms with E-state index in [1.165, 1.54) is 6.07 Å². The Hall–Kier alpha value is -1.03. The van der Waals surface area contributed by atoms with Crippen LogP contribution in [0, 0.1) is 17.7 Å². The summed E-state index contributed by atoms with van der Waals surface area (Å²) in [6.07, 6.45) is 2.95. The number of rotatable bonds is 8. The number of carbonyl (C=O) groups is 1. The van der Waals surface area contributed by atoms with Crippen LogP contribution in [0.3, 0.4) is 0 Å². The third-order valence-electron chi connectivity index (χ3n) is 3.90. The van der Waals surface area contributed by atoms with Gasteiger partial charge in [0.05, 0.1) is 6.61 Å². The second-order valence-corrected chi connectivity index (χ2v) is 6.15. The molecular formula is C17H25FO2S. The van der Waals surface area contributed by atoms with Gasteiger partial charge in [0.2, 0.25) is 0 Å². The summed E-state index contributed by atoms with van der Waals surface area (Å²) >= 11 is 4.13. The second-order valence-electron chi connectivity index (χ2n) is 5.63. The molecule has 118 valence electrons. The fourth-order valence-corrected chi connectivity index (χ4v) is 2.52. The molecule has 1 aromatic rings. The van der Waals surface area contributed by atoms with Gasteiger partial charge in [-0.05, 0) is 55.7 Å². The number of carbonyl (C=O) groups excluding carboxylic acids is 1. The van der Waals surface area contributed by atoms with E-state index in [9.17, 15) is 9.18 Å². The van der Waals surface area contributed by atoms with Gasteiger partial charge in [-0.15, -0.1) is 12.6 Å². The fourth-order valence-electron chi connectivity index (χ4n) is 2.34. The van der Waals surface area contributed by atoms with Crippen LogP contribution >= 0.6 is 12.6 Å². The SMILES string of the molecule is CCOC(=O)CCCC(C)C(C)Cc1ccc(S)cc1F. The molecule has 0 bridgehead atoms. The first-order valence-electron chi connectivity index (χ1n) is 7.57. The minimum Gasteiger partial charge on any atom is -0.466 e. The first-order valence-corrected chi connectivity index (χ1v) is 8.01. The second kappa shape index (κ2) is 9.08. The van der Waals surface area contributed by atoms with Crippen LogP contribution in [0.1, 0.15) is 45.6 Å². The van der Waals surface area contributed by atoms with E-state index in [2.05, 4.69) is 26.5 Å². The molecule has 0 aliphatic rings. The largest absolute Gasteiger partial charge is 0.466 e. The number of thiol groups is 1. The van der Waals surface area contributed by atoms with Crippen molar-refractivity contribution in [2.75, 3.05) is 6.61 Å². The van der Waals surface area contributed by atoms with Crippen molar-refractivity contribution in [2.45, 2.75) is 51.3 Å². The van der Waals surface area contributed by atoms with Crippen molar-refractivity contribution in [2.24, 2.45) is 11.8 Å². The van der Waals surface area contributed by atoms with Gasteiger partial charge in [-0.3, -0.25) is 4.79 Å². The number of benzene rings is 1. The summed E-state index contributed by atoms with van der Waals surface area (Å²) in [6, 6.07) is 5.08. The lowest BCUT2D eigenvalue weighted by Crippen LogP contribution is -2.13. The average molecular weight is 312 g/mol. The molecule has 0 amide bonds. The Labute approximate surface area is 132 Å². The number of hydrogen-bond donors (Lipinski definition) is 1. The van der Waals surface area contributed by atoms with Crippen LogP contribution in [0.4, 0.5) is 4.39 Å². The van der Waals surface area contributed by atoms with E-state index >= 15 is 0 Å². The van der Waals surface area contributed by atoms with Crippen LogP contribution in [0.25, 0.3) is 0 Å². The highest BCUT2D eigenvalue weighted by atomic mass is 32.1. The lowest BCUT2D eigenvalue weighted by Gasteiger charge is -2.20. The number of hydrogen-bond acceptors (Lipinski definition) is 3. The van der Waals surface area contributed by atoms with Gasteiger partial charge in [-0.1, -0.05) is 19.9 Å². The van der Waals surface area contributed by atoms with Crippen LogP contribution in [0.2, 0.25) is 0 Å². The van der Waals surface area contributed by atoms with Gasteiger partial charge in [-0.2, -0.15) is 0 Å². The molecule has 0 saturated heterocycles. The predicted molar refractivity (Wildman–Crippen MR) is 86.2 cm³/mol. The van der Waals surface area contributed by atoms with E-state index in [1.54, 1.807) is 6.07 Å². The average Bonchev–Trinajstić information content (AvgIpc) is 2.42. The van der Waals surface area contributed by atoms with E-state index in [-0.39, 0.29) is 11.8 Å². The monoisotopic (exact) mass is 312 g/mol. The van der Waals surface area contributed by atoms with Gasteiger partial charge < -0.3 is 4.74 Å². The van der Waals surface area contributed by atoms with E-state index in [0.717, 1.165) is 18.4 Å². The molecule has 0 fully saturated rings. The number of ether oxygens (including phenoxy) is 1. The molecule has 4 heteroatoms. The molecule has 2 nitrogen and oxygen atoms in total. The Bertz CT molecular complexity index is 462. The summed E-state index contributed by atoms with van der Waals surface area (Å²) in [4.78, 5) is 11.9. The van der Waals surface area contributed by atoms with Crippen LogP contribution in [-0.2, 0) is 16.0 Å². The molecule has 0 aliphatic heterocycles. The maximum atomic E-state index is 13.8. The quantitative estimate of drug-likeness (QED) is 0.558. The lowest BCUT2D eigenvalue weighted by atomic mass is 9.86. The zero-order valence-corrected chi connectivity index (χ0v) is 14.0. The molecule has 1 aromatic carbocycles. The standard InChI is InChI=1S/C17H25FO2S/c1-4-20-17(19)7-5-6-12(2)13(3)10-14-8-9-15(21)11-16(14)18/h8-9,11-13,21H,4-7,10H2,1-3H3. The van der Waals surface area contributed by atoms with Crippen LogP contribution in [0.5, 0.6) is 0 Å². The lowest BCUT2D eigenvalue weighted by molar-refractivity contribution is -0.143. The maximum absolute atomic E-state index is 13.8. The van der Waals surface area contributed by atoms with E-state index in [1.807, 2.05) is 13.0 Å². The summed E-state index contributed by atoms with van der Waals surface area (Å²) in [5.41, 5.74) is 0.734. The van der Waals surface area contributed by atoms with Crippen molar-refractivity contribution in [1.29, 1.82) is 0 Å². The van der Waals surface area contributed by atoms with Gasteiger partial charge in [0.15, 0.2) is 0 Å². The summed E-state index contributed by atoms with van der Waals surface area (Å²) in [5.74, 6) is 0.489. The Morgan fingerprint density at radius 3 is 2.67 bits per heavy atom. The molecule has 0 N–H and O–H groups in total. The summed E-state index contributed by atoms with van der Waals surface area (Å²) < 4.78 is 18.7. The highest BCUT2D eigenvalue weighted by Gasteiger charge is 2.15. The van der Waals surface area contributed by atoms with Crippen LogP contribution in [-0.4, -0.2) is 12.6 Å². The molecule has 0 aliphatic carbocycles. The Morgan fingerprint density at radius 2 is 2.05 bits per heavy atom. The molecule has 0 aromatic heterocycles. The zero-order valence-electron chi connectivity index (χ0n) is 13.1. The molecule has 0 spiro atoms. The zero-order chi connectivity index (χ0) is 15.8. The Kier molecular flexibility index (Phi) is 7.79. The van der Waals surface area contributed by atoms with Gasteiger partial charge in [-0.25, -0.2) is 4.39 Å². The van der Waals surface area contributed by atoms with Gasteiger partial charge in [0, 0.05) is 11.3 Å². The predicted octanol–water partition coefficient (Wildman–Crippen LogP) is 4.66. The third kappa shape index (κ3) is 6.51. The first-order chi connectivity index (χ1) is 9.93. The highest BCUT2D eigenvalue weighted by molar-refractivity contribution is 7.80. The summed E-state index contributed by atoms with van der Waals surface area (Å²) in [6.45, 7) is 6.53. The smallest absolute Gasteiger partial charge is 0.305 e. The maximum Gasteiger partial charge on any atom is 0.305 e. The first kappa shape index (κ1) is 18.0. The van der Waals surface area contributed by atoms with Crippen molar-refractivity contribution >= 4 is 18.6 Å². The van der Waals surface area contributed by atoms with Crippen molar-refractivity contribution in [3.8, 4) is 0 Å². The molecule has 2 atom stereocenters. The fraction of sp³-hybridized carbons (Fsp3) is 0.588. The Balaban J connectivity index is 2.40. The molecular weight excluding hydrogens is 287 g/mol. The Morgan fingerprint density at radius 1 is 1.33 bits per heavy atom. The highest BCUT2D eigenvalue weighted by Crippen LogP contribution is 2.24. The van der Waals surface area contributed by atoms with Gasteiger partial charge in [0.1, 0.15) is 5.82 Å². The minimum absolute atomic E-state index is 0.132. The van der Waals surface area contributed by atoms with E-state index < -0.39 is 0 Å². The summed E-state index contributed by atoms with van der Waals surface area (Å²) in [5, 5.41) is 0. The van der Waals surface area contributed by atoms with Gasteiger partial charge in [0.25, 0.3) is 0 Å². The molecule has 21 heavy (non-hydrogen) atoms. The topological polar surface area (TPSA) is 26.3 Å². The molecule has 0 radical (unpaired) electrons. The van der Waals surface area contributed by atoms with E-state index in [4.69, 9.17) is 4.74 Å². The van der Waals surface area contributed by atoms with Crippen molar-refractivity contribution < 1.29 is 13.9 Å². The van der Waals surface area contributed by atoms with Crippen LogP contribution in [0.15, 0.2) is 23.1 Å². The number of halogens is 1.